The number of carbonyl (C=O) groups excluding carboxylic acids is 2. The van der Waals surface area contributed by atoms with E-state index in [1.165, 1.54) is 4.90 Å². The van der Waals surface area contributed by atoms with Crippen LogP contribution in [0.5, 0.6) is 0 Å². The fourth-order valence-electron chi connectivity index (χ4n) is 4.12. The van der Waals surface area contributed by atoms with E-state index >= 15 is 0 Å². The number of aliphatic carboxylic acids is 1. The molecule has 2 fully saturated rings. The van der Waals surface area contributed by atoms with Gasteiger partial charge in [0.15, 0.2) is 0 Å². The van der Waals surface area contributed by atoms with E-state index in [2.05, 4.69) is 24.5 Å². The van der Waals surface area contributed by atoms with Crippen LogP contribution in [0, 0.1) is 22.7 Å². The second-order valence-corrected chi connectivity index (χ2v) is 10.4. The number of nitrogens with zero attached hydrogens (tertiary/aromatic N) is 1. The summed E-state index contributed by atoms with van der Waals surface area (Å²) in [7, 11) is 0. The summed E-state index contributed by atoms with van der Waals surface area (Å²) in [5.74, 6) is -1.11. The molecule has 1 saturated heterocycles. The number of rotatable bonds is 3. The van der Waals surface area contributed by atoms with Crippen LogP contribution in [0.2, 0.25) is 0 Å². The molecule has 148 valence electrons. The largest absolute Gasteiger partial charge is 0.480 e. The first-order valence-corrected chi connectivity index (χ1v) is 9.19. The normalized spacial score (nSPS) is 28.2. The van der Waals surface area contributed by atoms with Gasteiger partial charge in [-0.05, 0) is 37.5 Å². The van der Waals surface area contributed by atoms with Crippen molar-refractivity contribution in [3.63, 3.8) is 0 Å². The topological polar surface area (TPSA) is 98.7 Å². The quantitative estimate of drug-likeness (QED) is 0.711. The molecule has 0 aromatic rings. The first-order chi connectivity index (χ1) is 11.6. The van der Waals surface area contributed by atoms with Crippen molar-refractivity contribution in [1.82, 2.24) is 15.5 Å². The Kier molecular flexibility index (Phi) is 4.84. The average molecular weight is 367 g/mol. The SMILES string of the molecule is CC(C)(C)NC(=O)NC(C(=O)N1CC2C(C1C(=O)O)C2(C)C)C(C)(C)C. The van der Waals surface area contributed by atoms with Gasteiger partial charge in [0.2, 0.25) is 5.91 Å². The Hall–Kier alpha value is -1.79. The number of piperidine rings is 1. The van der Waals surface area contributed by atoms with Gasteiger partial charge in [-0.15, -0.1) is 0 Å². The number of amides is 3. The van der Waals surface area contributed by atoms with Crippen LogP contribution in [-0.4, -0.2) is 52.1 Å². The molecule has 3 N–H and O–H groups in total. The third kappa shape index (κ3) is 3.81. The maximum atomic E-state index is 13.2. The number of nitrogens with one attached hydrogen (secondary N) is 2. The number of likely N-dealkylation sites (tertiary alicyclic amines) is 1. The van der Waals surface area contributed by atoms with Crippen LogP contribution < -0.4 is 10.6 Å². The fourth-order valence-corrected chi connectivity index (χ4v) is 4.12. The molecule has 4 atom stereocenters. The number of hydrogen-bond acceptors (Lipinski definition) is 3. The Morgan fingerprint density at radius 3 is 2.08 bits per heavy atom. The summed E-state index contributed by atoms with van der Waals surface area (Å²) in [4.78, 5) is 38.8. The third-order valence-electron chi connectivity index (χ3n) is 5.62. The van der Waals surface area contributed by atoms with Crippen LogP contribution in [0.1, 0.15) is 55.4 Å². The molecule has 1 aliphatic heterocycles. The van der Waals surface area contributed by atoms with Crippen molar-refractivity contribution in [3.8, 4) is 0 Å². The molecule has 2 aliphatic rings. The van der Waals surface area contributed by atoms with Crippen molar-refractivity contribution in [3.05, 3.63) is 0 Å². The van der Waals surface area contributed by atoms with Gasteiger partial charge >= 0.3 is 12.0 Å². The predicted octanol–water partition coefficient (Wildman–Crippen LogP) is 2.07. The van der Waals surface area contributed by atoms with E-state index in [4.69, 9.17) is 0 Å². The van der Waals surface area contributed by atoms with Gasteiger partial charge in [0.05, 0.1) is 0 Å². The van der Waals surface area contributed by atoms with E-state index in [0.717, 1.165) is 0 Å². The van der Waals surface area contributed by atoms with Gasteiger partial charge in [0.25, 0.3) is 0 Å². The summed E-state index contributed by atoms with van der Waals surface area (Å²) in [6.07, 6.45) is 0. The minimum absolute atomic E-state index is 0.0204. The molecule has 1 saturated carbocycles. The number of carboxylic acid groups (broad SMARTS) is 1. The average Bonchev–Trinajstić information content (AvgIpc) is 2.81. The Balaban J connectivity index is 2.20. The van der Waals surface area contributed by atoms with E-state index in [1.807, 2.05) is 41.5 Å². The van der Waals surface area contributed by atoms with Crippen molar-refractivity contribution in [1.29, 1.82) is 0 Å². The van der Waals surface area contributed by atoms with Crippen molar-refractivity contribution in [2.24, 2.45) is 22.7 Å². The highest BCUT2D eigenvalue weighted by Gasteiger charge is 2.70. The molecule has 0 radical (unpaired) electrons. The number of fused-ring (bicyclic) bond motifs is 1. The smallest absolute Gasteiger partial charge is 0.326 e. The Morgan fingerprint density at radius 1 is 1.12 bits per heavy atom. The molecule has 7 heteroatoms. The van der Waals surface area contributed by atoms with Crippen molar-refractivity contribution in [2.45, 2.75) is 73.0 Å². The predicted molar refractivity (Wildman–Crippen MR) is 98.6 cm³/mol. The summed E-state index contributed by atoms with van der Waals surface area (Å²) in [5.41, 5.74) is -1.02. The number of carbonyl (C=O) groups is 3. The summed E-state index contributed by atoms with van der Waals surface area (Å²) < 4.78 is 0. The van der Waals surface area contributed by atoms with Crippen molar-refractivity contribution in [2.75, 3.05) is 6.54 Å². The molecule has 4 unspecified atom stereocenters. The van der Waals surface area contributed by atoms with E-state index in [1.54, 1.807) is 0 Å². The molecule has 2 rings (SSSR count). The van der Waals surface area contributed by atoms with Gasteiger partial charge in [0, 0.05) is 18.0 Å². The van der Waals surface area contributed by atoms with Gasteiger partial charge in [-0.25, -0.2) is 9.59 Å². The third-order valence-corrected chi connectivity index (χ3v) is 5.62. The van der Waals surface area contributed by atoms with Crippen LogP contribution in [0.25, 0.3) is 0 Å². The highest BCUT2D eigenvalue weighted by Crippen LogP contribution is 2.64. The van der Waals surface area contributed by atoms with Crippen LogP contribution in [0.3, 0.4) is 0 Å². The zero-order valence-corrected chi connectivity index (χ0v) is 17.1. The summed E-state index contributed by atoms with van der Waals surface area (Å²) >= 11 is 0. The monoisotopic (exact) mass is 367 g/mol. The summed E-state index contributed by atoms with van der Waals surface area (Å²) in [6.45, 7) is 15.7. The summed E-state index contributed by atoms with van der Waals surface area (Å²) in [6, 6.07) is -2.05. The van der Waals surface area contributed by atoms with Gasteiger partial charge < -0.3 is 20.6 Å². The number of carboxylic acids is 1. The lowest BCUT2D eigenvalue weighted by atomic mass is 9.85. The molecule has 7 nitrogen and oxygen atoms in total. The van der Waals surface area contributed by atoms with E-state index < -0.39 is 35.0 Å². The van der Waals surface area contributed by atoms with Gasteiger partial charge in [-0.1, -0.05) is 34.6 Å². The molecular weight excluding hydrogens is 334 g/mol. The van der Waals surface area contributed by atoms with Gasteiger partial charge in [-0.2, -0.15) is 0 Å². The molecule has 0 aromatic carbocycles. The van der Waals surface area contributed by atoms with Gasteiger partial charge in [0.1, 0.15) is 12.1 Å². The second kappa shape index (κ2) is 6.13. The van der Waals surface area contributed by atoms with Gasteiger partial charge in [-0.3, -0.25) is 4.79 Å². The molecule has 0 aromatic heterocycles. The maximum Gasteiger partial charge on any atom is 0.326 e. The molecular formula is C19H33N3O4. The lowest BCUT2D eigenvalue weighted by Crippen LogP contribution is -2.60. The van der Waals surface area contributed by atoms with Crippen LogP contribution in [0.4, 0.5) is 4.79 Å². The Labute approximate surface area is 155 Å². The Bertz CT molecular complexity index is 615. The summed E-state index contributed by atoms with van der Waals surface area (Å²) in [5, 5.41) is 15.2. The van der Waals surface area contributed by atoms with Crippen LogP contribution in [0.15, 0.2) is 0 Å². The Morgan fingerprint density at radius 2 is 1.65 bits per heavy atom. The molecule has 1 aliphatic carbocycles. The molecule has 3 amide bonds. The lowest BCUT2D eigenvalue weighted by Gasteiger charge is -2.37. The number of urea groups is 1. The second-order valence-electron chi connectivity index (χ2n) is 10.4. The minimum Gasteiger partial charge on any atom is -0.480 e. The lowest BCUT2D eigenvalue weighted by molar-refractivity contribution is -0.152. The zero-order chi connectivity index (χ0) is 20.2. The number of hydrogen-bond donors (Lipinski definition) is 3. The van der Waals surface area contributed by atoms with Crippen molar-refractivity contribution >= 4 is 17.9 Å². The minimum atomic E-state index is -0.969. The molecule has 0 bridgehead atoms. The highest BCUT2D eigenvalue weighted by molar-refractivity contribution is 5.92. The van der Waals surface area contributed by atoms with E-state index in [0.29, 0.717) is 6.54 Å². The van der Waals surface area contributed by atoms with Crippen molar-refractivity contribution < 1.29 is 19.5 Å². The molecule has 1 heterocycles. The van der Waals surface area contributed by atoms with Crippen LogP contribution >= 0.6 is 0 Å². The maximum absolute atomic E-state index is 13.2. The standard InChI is InChI=1S/C19H33N3O4/c1-17(2,3)13(20-16(26)21-18(4,5)6)14(23)22-9-10-11(19(10,7)8)12(22)15(24)25/h10-13H,9H2,1-8H3,(H,24,25)(H2,20,21,26). The molecule has 26 heavy (non-hydrogen) atoms. The fraction of sp³-hybridized carbons (Fsp3) is 0.842. The van der Waals surface area contributed by atoms with Crippen LogP contribution in [-0.2, 0) is 9.59 Å². The van der Waals surface area contributed by atoms with E-state index in [9.17, 15) is 19.5 Å². The first-order valence-electron chi connectivity index (χ1n) is 9.19. The zero-order valence-electron chi connectivity index (χ0n) is 17.1. The molecule has 0 spiro atoms. The van der Waals surface area contributed by atoms with E-state index in [-0.39, 0.29) is 23.2 Å². The first kappa shape index (κ1) is 20.5. The highest BCUT2D eigenvalue weighted by atomic mass is 16.4.